The highest BCUT2D eigenvalue weighted by atomic mass is 16.5. The van der Waals surface area contributed by atoms with Crippen molar-refractivity contribution in [2.24, 2.45) is 0 Å². The molecule has 0 spiro atoms. The molecule has 4 rings (SSSR count). The number of ketones is 1. The number of amides is 1. The van der Waals surface area contributed by atoms with Crippen LogP contribution in [0.2, 0.25) is 0 Å². The monoisotopic (exact) mass is 503 g/mol. The van der Waals surface area contributed by atoms with Gasteiger partial charge in [-0.1, -0.05) is 30.3 Å². The average molecular weight is 504 g/mol. The predicted octanol–water partition coefficient (Wildman–Crippen LogP) is 5.71. The van der Waals surface area contributed by atoms with Crippen molar-refractivity contribution in [1.29, 1.82) is 0 Å². The van der Waals surface area contributed by atoms with Gasteiger partial charge < -0.3 is 23.9 Å². The molecule has 7 nitrogen and oxygen atoms in total. The van der Waals surface area contributed by atoms with Crippen LogP contribution in [-0.2, 0) is 20.9 Å². The summed E-state index contributed by atoms with van der Waals surface area (Å²) in [5, 5.41) is 11.3. The highest BCUT2D eigenvalue weighted by molar-refractivity contribution is 6.46. The maximum atomic E-state index is 13.2. The lowest BCUT2D eigenvalue weighted by Gasteiger charge is -2.23. The summed E-state index contributed by atoms with van der Waals surface area (Å²) in [7, 11) is 0. The van der Waals surface area contributed by atoms with Crippen molar-refractivity contribution in [2.45, 2.75) is 52.9 Å². The molecule has 1 saturated heterocycles. The molecule has 7 heteroatoms. The fraction of sp³-hybridized carbons (Fsp3) is 0.333. The Hall–Kier alpha value is -3.84. The molecule has 0 saturated carbocycles. The maximum absolute atomic E-state index is 13.2. The number of hydrogen-bond acceptors (Lipinski definition) is 6. The Morgan fingerprint density at radius 2 is 1.81 bits per heavy atom. The van der Waals surface area contributed by atoms with Gasteiger partial charge in [0.05, 0.1) is 11.7 Å². The normalized spacial score (nSPS) is 17.1. The van der Waals surface area contributed by atoms with Crippen LogP contribution in [0.3, 0.4) is 0 Å². The third-order valence-corrected chi connectivity index (χ3v) is 6.25. The Kier molecular flexibility index (Phi) is 8.14. The largest absolute Gasteiger partial charge is 0.507 e. The van der Waals surface area contributed by atoms with E-state index in [1.54, 1.807) is 37.3 Å². The number of rotatable bonds is 10. The summed E-state index contributed by atoms with van der Waals surface area (Å²) >= 11 is 0. The van der Waals surface area contributed by atoms with Crippen LogP contribution in [-0.4, -0.2) is 41.0 Å². The Bertz CT molecular complexity index is 1290. The van der Waals surface area contributed by atoms with Gasteiger partial charge in [0.1, 0.15) is 35.7 Å². The zero-order chi connectivity index (χ0) is 26.5. The number of nitrogens with zero attached hydrogens (tertiary/aromatic N) is 1. The Morgan fingerprint density at radius 3 is 2.46 bits per heavy atom. The van der Waals surface area contributed by atoms with Crippen LogP contribution in [0.15, 0.2) is 70.7 Å². The highest BCUT2D eigenvalue weighted by Gasteiger charge is 2.47. The van der Waals surface area contributed by atoms with Gasteiger partial charge in [-0.25, -0.2) is 0 Å². The van der Waals surface area contributed by atoms with Gasteiger partial charge in [-0.05, 0) is 75.6 Å². The number of aryl methyl sites for hydroxylation is 2. The van der Waals surface area contributed by atoms with Crippen molar-refractivity contribution in [3.05, 3.63) is 94.4 Å². The third-order valence-electron chi connectivity index (χ3n) is 6.25. The number of carbonyl (C=O) groups excluding carboxylic acids is 2. The summed E-state index contributed by atoms with van der Waals surface area (Å²) < 4.78 is 17.4. The zero-order valence-electron chi connectivity index (χ0n) is 21.7. The second-order valence-corrected chi connectivity index (χ2v) is 9.47. The number of carbonyl (C=O) groups is 2. The first-order valence-corrected chi connectivity index (χ1v) is 12.5. The minimum Gasteiger partial charge on any atom is -0.507 e. The number of hydrogen-bond donors (Lipinski definition) is 1. The molecular weight excluding hydrogens is 470 g/mol. The molecule has 1 amide bonds. The quantitative estimate of drug-likeness (QED) is 0.165. The van der Waals surface area contributed by atoms with Crippen LogP contribution >= 0.6 is 0 Å². The van der Waals surface area contributed by atoms with Gasteiger partial charge in [0.15, 0.2) is 0 Å². The van der Waals surface area contributed by atoms with Crippen LogP contribution in [0.1, 0.15) is 54.5 Å². The van der Waals surface area contributed by atoms with Crippen LogP contribution in [0.25, 0.3) is 5.76 Å². The SMILES string of the molecule is Cc1ccc(C2/C(=C(/O)c3ccc(OCc4ccccc4)c(C)c3)C(=O)C(=O)N2CCCOC(C)C)o1. The molecule has 2 aromatic carbocycles. The van der Waals surface area contributed by atoms with Gasteiger partial charge in [0.2, 0.25) is 0 Å². The predicted molar refractivity (Wildman–Crippen MR) is 140 cm³/mol. The first-order valence-electron chi connectivity index (χ1n) is 12.5. The Labute approximate surface area is 217 Å². The van der Waals surface area contributed by atoms with Crippen molar-refractivity contribution < 1.29 is 28.6 Å². The van der Waals surface area contributed by atoms with E-state index in [0.717, 1.165) is 11.1 Å². The standard InChI is InChI=1S/C30H33NO6/c1-19(2)35-16-8-15-31-27(25-13-11-21(4)37-25)26(29(33)30(31)34)28(32)23-12-14-24(20(3)17-23)36-18-22-9-6-5-7-10-22/h5-7,9-14,17,19,27,32H,8,15-16,18H2,1-4H3/b28-26-. The van der Waals surface area contributed by atoms with Crippen molar-refractivity contribution >= 4 is 17.4 Å². The molecule has 1 N–H and O–H groups in total. The molecule has 37 heavy (non-hydrogen) atoms. The summed E-state index contributed by atoms with van der Waals surface area (Å²) in [6.07, 6.45) is 0.621. The summed E-state index contributed by atoms with van der Waals surface area (Å²) in [6.45, 7) is 8.71. The lowest BCUT2D eigenvalue weighted by atomic mass is 9.98. The summed E-state index contributed by atoms with van der Waals surface area (Å²) in [5.41, 5.74) is 2.28. The van der Waals surface area contributed by atoms with Gasteiger partial charge in [0.25, 0.3) is 11.7 Å². The summed E-state index contributed by atoms with van der Waals surface area (Å²) in [6, 6.07) is 17.7. The second kappa shape index (κ2) is 11.5. The first-order chi connectivity index (χ1) is 17.8. The minimum absolute atomic E-state index is 0.0153. The smallest absolute Gasteiger partial charge is 0.295 e. The molecule has 3 aromatic rings. The summed E-state index contributed by atoms with van der Waals surface area (Å²) in [4.78, 5) is 27.7. The molecule has 1 unspecified atom stereocenters. The molecule has 0 radical (unpaired) electrons. The van der Waals surface area contributed by atoms with Gasteiger partial charge in [-0.15, -0.1) is 0 Å². The van der Waals surface area contributed by atoms with Crippen LogP contribution < -0.4 is 4.74 Å². The van der Waals surface area contributed by atoms with E-state index in [1.165, 1.54) is 4.90 Å². The number of furan rings is 1. The first kappa shape index (κ1) is 26.2. The zero-order valence-corrected chi connectivity index (χ0v) is 21.7. The molecule has 194 valence electrons. The van der Waals surface area contributed by atoms with Crippen LogP contribution in [0.4, 0.5) is 0 Å². The minimum atomic E-state index is -0.818. The number of likely N-dealkylation sites (tertiary alicyclic amines) is 1. The summed E-state index contributed by atoms with van der Waals surface area (Å²) in [5.74, 6) is 0.121. The number of benzene rings is 2. The fourth-order valence-corrected chi connectivity index (χ4v) is 4.41. The van der Waals surface area contributed by atoms with Crippen LogP contribution in [0, 0.1) is 13.8 Å². The molecule has 0 bridgehead atoms. The Morgan fingerprint density at radius 1 is 1.05 bits per heavy atom. The second-order valence-electron chi connectivity index (χ2n) is 9.47. The van der Waals surface area contributed by atoms with Crippen LogP contribution in [0.5, 0.6) is 5.75 Å². The van der Waals surface area contributed by atoms with E-state index >= 15 is 0 Å². The molecule has 1 aliphatic rings. The van der Waals surface area contributed by atoms with Crippen molar-refractivity contribution in [2.75, 3.05) is 13.2 Å². The van der Waals surface area contributed by atoms with Gasteiger partial charge >= 0.3 is 0 Å². The van der Waals surface area contributed by atoms with E-state index in [1.807, 2.05) is 51.1 Å². The van der Waals surface area contributed by atoms with Crippen molar-refractivity contribution in [1.82, 2.24) is 4.90 Å². The molecule has 1 aliphatic heterocycles. The Balaban J connectivity index is 1.63. The molecule has 1 aromatic heterocycles. The van der Waals surface area contributed by atoms with E-state index in [4.69, 9.17) is 13.9 Å². The maximum Gasteiger partial charge on any atom is 0.295 e. The number of ether oxygens (including phenoxy) is 2. The highest BCUT2D eigenvalue weighted by Crippen LogP contribution is 2.40. The lowest BCUT2D eigenvalue weighted by molar-refractivity contribution is -0.140. The van der Waals surface area contributed by atoms with E-state index in [-0.39, 0.29) is 17.4 Å². The number of aliphatic hydroxyl groups is 1. The van der Waals surface area contributed by atoms with E-state index in [2.05, 4.69) is 0 Å². The fourth-order valence-electron chi connectivity index (χ4n) is 4.41. The van der Waals surface area contributed by atoms with E-state index < -0.39 is 17.7 Å². The molecule has 2 heterocycles. The van der Waals surface area contributed by atoms with E-state index in [0.29, 0.717) is 49.0 Å². The van der Waals surface area contributed by atoms with Gasteiger partial charge in [0, 0.05) is 18.7 Å². The lowest BCUT2D eigenvalue weighted by Crippen LogP contribution is -2.31. The van der Waals surface area contributed by atoms with Gasteiger partial charge in [-0.2, -0.15) is 0 Å². The van der Waals surface area contributed by atoms with Crippen molar-refractivity contribution in [3.8, 4) is 5.75 Å². The molecule has 1 atom stereocenters. The van der Waals surface area contributed by atoms with E-state index in [9.17, 15) is 14.7 Å². The molecule has 0 aliphatic carbocycles. The van der Waals surface area contributed by atoms with Crippen molar-refractivity contribution in [3.63, 3.8) is 0 Å². The topological polar surface area (TPSA) is 89.2 Å². The average Bonchev–Trinajstić information content (AvgIpc) is 3.41. The molecule has 1 fully saturated rings. The third kappa shape index (κ3) is 5.94. The van der Waals surface area contributed by atoms with Gasteiger partial charge in [-0.3, -0.25) is 9.59 Å². The molecular formula is C30H33NO6. The number of aliphatic hydroxyl groups excluding tert-OH is 1. The number of Topliss-reactive ketones (excluding diaryl/α,β-unsaturated/α-hetero) is 1.